The lowest BCUT2D eigenvalue weighted by Crippen LogP contribution is -2.34. The smallest absolute Gasteiger partial charge is 0.0769 e. The summed E-state index contributed by atoms with van der Waals surface area (Å²) in [6.07, 6.45) is 3.70. The average molecular weight is 274 g/mol. The number of likely N-dealkylation sites (N-methyl/N-ethyl adjacent to an activating group) is 1. The fourth-order valence-electron chi connectivity index (χ4n) is 2.30. The molecule has 0 radical (unpaired) electrons. The number of ether oxygens (including phenoxy) is 1. The monoisotopic (exact) mass is 273 g/mol. The second-order valence-electron chi connectivity index (χ2n) is 4.34. The molecular formula is C13H17Cl2NO. The Morgan fingerprint density at radius 3 is 2.71 bits per heavy atom. The Balaban J connectivity index is 2.18. The molecule has 1 N–H and O–H groups in total. The highest BCUT2D eigenvalue weighted by atomic mass is 35.5. The Bertz CT molecular complexity index is 378. The van der Waals surface area contributed by atoms with E-state index in [-0.39, 0.29) is 12.1 Å². The summed E-state index contributed by atoms with van der Waals surface area (Å²) in [7, 11) is 1.95. The van der Waals surface area contributed by atoms with Gasteiger partial charge in [-0.15, -0.1) is 0 Å². The zero-order valence-electron chi connectivity index (χ0n) is 9.88. The van der Waals surface area contributed by atoms with E-state index >= 15 is 0 Å². The zero-order chi connectivity index (χ0) is 12.3. The average Bonchev–Trinajstić information content (AvgIpc) is 2.36. The molecule has 0 aliphatic carbocycles. The van der Waals surface area contributed by atoms with E-state index < -0.39 is 0 Å². The first-order valence-electron chi connectivity index (χ1n) is 5.96. The van der Waals surface area contributed by atoms with E-state index in [4.69, 9.17) is 27.9 Å². The fourth-order valence-corrected chi connectivity index (χ4v) is 2.61. The van der Waals surface area contributed by atoms with Gasteiger partial charge in [0.05, 0.1) is 22.2 Å². The summed E-state index contributed by atoms with van der Waals surface area (Å²) in [6.45, 7) is 0.851. The number of hydrogen-bond acceptors (Lipinski definition) is 2. The summed E-state index contributed by atoms with van der Waals surface area (Å²) in [5.74, 6) is 0. The highest BCUT2D eigenvalue weighted by Crippen LogP contribution is 2.30. The number of hydrogen-bond donors (Lipinski definition) is 1. The second kappa shape index (κ2) is 6.05. The molecular weight excluding hydrogens is 257 g/mol. The number of nitrogens with one attached hydrogen (secondary N) is 1. The van der Waals surface area contributed by atoms with Gasteiger partial charge in [-0.1, -0.05) is 29.3 Å². The van der Waals surface area contributed by atoms with Gasteiger partial charge in [0.15, 0.2) is 0 Å². The zero-order valence-corrected chi connectivity index (χ0v) is 11.4. The largest absolute Gasteiger partial charge is 0.376 e. The van der Waals surface area contributed by atoms with Crippen LogP contribution in [0.2, 0.25) is 10.0 Å². The summed E-state index contributed by atoms with van der Waals surface area (Å²) in [4.78, 5) is 0. The molecule has 1 aliphatic heterocycles. The topological polar surface area (TPSA) is 21.3 Å². The SMILES string of the molecule is CNC(c1ccc(Cl)c(Cl)c1)C1CCCCO1. The third-order valence-electron chi connectivity index (χ3n) is 3.20. The predicted molar refractivity (Wildman–Crippen MR) is 71.9 cm³/mol. The van der Waals surface area contributed by atoms with Crippen molar-refractivity contribution >= 4 is 23.2 Å². The van der Waals surface area contributed by atoms with Crippen LogP contribution in [0.15, 0.2) is 18.2 Å². The van der Waals surface area contributed by atoms with Crippen molar-refractivity contribution in [1.82, 2.24) is 5.32 Å². The minimum Gasteiger partial charge on any atom is -0.376 e. The van der Waals surface area contributed by atoms with Gasteiger partial charge in [0.2, 0.25) is 0 Å². The van der Waals surface area contributed by atoms with Gasteiger partial charge < -0.3 is 10.1 Å². The quantitative estimate of drug-likeness (QED) is 0.904. The van der Waals surface area contributed by atoms with Crippen LogP contribution in [-0.4, -0.2) is 19.8 Å². The van der Waals surface area contributed by atoms with Gasteiger partial charge in [0.25, 0.3) is 0 Å². The fraction of sp³-hybridized carbons (Fsp3) is 0.538. The van der Waals surface area contributed by atoms with E-state index in [1.54, 1.807) is 0 Å². The molecule has 1 aromatic carbocycles. The van der Waals surface area contributed by atoms with Crippen molar-refractivity contribution in [3.05, 3.63) is 33.8 Å². The third-order valence-corrected chi connectivity index (χ3v) is 3.94. The van der Waals surface area contributed by atoms with Gasteiger partial charge in [0, 0.05) is 6.61 Å². The first kappa shape index (κ1) is 13.2. The van der Waals surface area contributed by atoms with Crippen LogP contribution in [-0.2, 0) is 4.74 Å². The molecule has 2 unspecified atom stereocenters. The Labute approximate surface area is 112 Å². The van der Waals surface area contributed by atoms with Crippen molar-refractivity contribution in [2.45, 2.75) is 31.4 Å². The Hall–Kier alpha value is -0.280. The lowest BCUT2D eigenvalue weighted by molar-refractivity contribution is -0.00661. The molecule has 1 saturated heterocycles. The highest BCUT2D eigenvalue weighted by molar-refractivity contribution is 6.42. The van der Waals surface area contributed by atoms with Crippen molar-refractivity contribution < 1.29 is 4.74 Å². The van der Waals surface area contributed by atoms with E-state index in [0.29, 0.717) is 10.0 Å². The lowest BCUT2D eigenvalue weighted by Gasteiger charge is -2.30. The van der Waals surface area contributed by atoms with Crippen LogP contribution >= 0.6 is 23.2 Å². The van der Waals surface area contributed by atoms with E-state index in [1.165, 1.54) is 6.42 Å². The van der Waals surface area contributed by atoms with E-state index in [1.807, 2.05) is 25.2 Å². The highest BCUT2D eigenvalue weighted by Gasteiger charge is 2.24. The van der Waals surface area contributed by atoms with Gasteiger partial charge >= 0.3 is 0 Å². The maximum atomic E-state index is 6.05. The van der Waals surface area contributed by atoms with Crippen LogP contribution in [0.3, 0.4) is 0 Å². The molecule has 1 aliphatic rings. The normalized spacial score (nSPS) is 22.4. The molecule has 94 valence electrons. The van der Waals surface area contributed by atoms with Crippen LogP contribution in [0.5, 0.6) is 0 Å². The third kappa shape index (κ3) is 3.14. The molecule has 1 fully saturated rings. The summed E-state index contributed by atoms with van der Waals surface area (Å²) in [5, 5.41) is 4.50. The summed E-state index contributed by atoms with van der Waals surface area (Å²) in [5.41, 5.74) is 1.13. The van der Waals surface area contributed by atoms with Crippen LogP contribution in [0.4, 0.5) is 0 Å². The van der Waals surface area contributed by atoms with Gasteiger partial charge in [-0.3, -0.25) is 0 Å². The lowest BCUT2D eigenvalue weighted by atomic mass is 9.96. The van der Waals surface area contributed by atoms with Crippen LogP contribution in [0, 0.1) is 0 Å². The molecule has 1 aromatic rings. The summed E-state index contributed by atoms with van der Waals surface area (Å²) in [6, 6.07) is 5.95. The van der Waals surface area contributed by atoms with E-state index in [2.05, 4.69) is 5.32 Å². The second-order valence-corrected chi connectivity index (χ2v) is 5.16. The van der Waals surface area contributed by atoms with Crippen molar-refractivity contribution in [3.8, 4) is 0 Å². The standard InChI is InChI=1S/C13H17Cl2NO/c1-16-13(12-4-2-3-7-17-12)9-5-6-10(14)11(15)8-9/h5-6,8,12-13,16H,2-4,7H2,1H3. The Kier molecular flexibility index (Phi) is 4.69. The molecule has 0 aromatic heterocycles. The number of halogens is 2. The van der Waals surface area contributed by atoms with E-state index in [9.17, 15) is 0 Å². The van der Waals surface area contributed by atoms with Crippen LogP contribution < -0.4 is 5.32 Å². The van der Waals surface area contributed by atoms with Gasteiger partial charge in [0.1, 0.15) is 0 Å². The van der Waals surface area contributed by atoms with Gasteiger partial charge in [-0.25, -0.2) is 0 Å². The maximum Gasteiger partial charge on any atom is 0.0769 e. The minimum atomic E-state index is 0.185. The van der Waals surface area contributed by atoms with Crippen molar-refractivity contribution in [2.75, 3.05) is 13.7 Å². The van der Waals surface area contributed by atoms with Crippen molar-refractivity contribution in [2.24, 2.45) is 0 Å². The molecule has 17 heavy (non-hydrogen) atoms. The summed E-state index contributed by atoms with van der Waals surface area (Å²) < 4.78 is 5.82. The van der Waals surface area contributed by atoms with Crippen molar-refractivity contribution in [1.29, 1.82) is 0 Å². The number of rotatable bonds is 3. The van der Waals surface area contributed by atoms with E-state index in [0.717, 1.165) is 25.0 Å². The molecule has 0 amide bonds. The summed E-state index contributed by atoms with van der Waals surface area (Å²) >= 11 is 12.0. The van der Waals surface area contributed by atoms with Crippen LogP contribution in [0.25, 0.3) is 0 Å². The van der Waals surface area contributed by atoms with Crippen LogP contribution in [0.1, 0.15) is 30.9 Å². The number of benzene rings is 1. The molecule has 4 heteroatoms. The minimum absolute atomic E-state index is 0.185. The van der Waals surface area contributed by atoms with Crippen molar-refractivity contribution in [3.63, 3.8) is 0 Å². The maximum absolute atomic E-state index is 6.05. The van der Waals surface area contributed by atoms with Gasteiger partial charge in [-0.05, 0) is 44.0 Å². The van der Waals surface area contributed by atoms with Gasteiger partial charge in [-0.2, -0.15) is 0 Å². The first-order valence-corrected chi connectivity index (χ1v) is 6.72. The molecule has 0 saturated carbocycles. The Morgan fingerprint density at radius 1 is 1.29 bits per heavy atom. The molecule has 2 atom stereocenters. The first-order chi connectivity index (χ1) is 8.22. The molecule has 1 heterocycles. The molecule has 2 rings (SSSR count). The molecule has 0 spiro atoms. The molecule has 2 nitrogen and oxygen atoms in total. The Morgan fingerprint density at radius 2 is 2.12 bits per heavy atom. The molecule has 0 bridgehead atoms. The predicted octanol–water partition coefficient (Wildman–Crippen LogP) is 3.82.